The predicted octanol–water partition coefficient (Wildman–Crippen LogP) is 4.02. The third kappa shape index (κ3) is 2.97. The van der Waals surface area contributed by atoms with E-state index >= 15 is 0 Å². The molecule has 0 aliphatic carbocycles. The van der Waals surface area contributed by atoms with E-state index in [1.54, 1.807) is 0 Å². The zero-order valence-corrected chi connectivity index (χ0v) is 15.7. The van der Waals surface area contributed by atoms with Crippen LogP contribution in [0.15, 0.2) is 36.9 Å². The first kappa shape index (κ1) is 17.0. The highest BCUT2D eigenvalue weighted by atomic mass is 15.2. The molecule has 0 saturated carbocycles. The topological polar surface area (TPSA) is 49.7 Å². The third-order valence-corrected chi connectivity index (χ3v) is 5.53. The predicted molar refractivity (Wildman–Crippen MR) is 105 cm³/mol. The van der Waals surface area contributed by atoms with Gasteiger partial charge in [-0.1, -0.05) is 32.1 Å². The summed E-state index contributed by atoms with van der Waals surface area (Å²) in [6, 6.07) is 8.35. The quantitative estimate of drug-likeness (QED) is 0.684. The number of rotatable bonds is 6. The zero-order valence-electron chi connectivity index (χ0n) is 15.7. The van der Waals surface area contributed by atoms with Crippen molar-refractivity contribution in [3.63, 3.8) is 0 Å². The molecule has 1 unspecified atom stereocenters. The number of allylic oxidation sites excluding steroid dienone is 1. The Morgan fingerprint density at radius 1 is 1.35 bits per heavy atom. The standard InChI is InChI=1S/C21H27N5/c1-4-11-26-19-9-7-6-8-18(19)22-20(26)14-25-12-10-17-16(13-25)21(24-23-17)15(3)5-2/h4,6-9,15H,1,5,10-14H2,2-3H3,(H,23,24). The van der Waals surface area contributed by atoms with E-state index in [2.05, 4.69) is 64.4 Å². The van der Waals surface area contributed by atoms with Gasteiger partial charge in [-0.15, -0.1) is 6.58 Å². The van der Waals surface area contributed by atoms with Gasteiger partial charge in [0.1, 0.15) is 5.82 Å². The summed E-state index contributed by atoms with van der Waals surface area (Å²) in [6.45, 7) is 12.0. The van der Waals surface area contributed by atoms with Crippen molar-refractivity contribution >= 4 is 11.0 Å². The minimum Gasteiger partial charge on any atom is -0.323 e. The minimum absolute atomic E-state index is 0.500. The van der Waals surface area contributed by atoms with Crippen LogP contribution >= 0.6 is 0 Å². The van der Waals surface area contributed by atoms with Gasteiger partial charge in [-0.3, -0.25) is 10.00 Å². The molecule has 1 aromatic carbocycles. The van der Waals surface area contributed by atoms with Gasteiger partial charge in [0.05, 0.1) is 23.3 Å². The van der Waals surface area contributed by atoms with E-state index < -0.39 is 0 Å². The van der Waals surface area contributed by atoms with Gasteiger partial charge in [0.15, 0.2) is 0 Å². The van der Waals surface area contributed by atoms with Crippen LogP contribution in [0.1, 0.15) is 49.0 Å². The molecule has 1 aliphatic heterocycles. The second kappa shape index (κ2) is 7.08. The van der Waals surface area contributed by atoms with E-state index in [0.717, 1.165) is 50.4 Å². The van der Waals surface area contributed by atoms with E-state index in [0.29, 0.717) is 5.92 Å². The molecule has 5 heteroatoms. The number of H-pyrrole nitrogens is 1. The van der Waals surface area contributed by atoms with Crippen LogP contribution in [0.25, 0.3) is 11.0 Å². The van der Waals surface area contributed by atoms with Crippen molar-refractivity contribution in [1.29, 1.82) is 0 Å². The second-order valence-electron chi connectivity index (χ2n) is 7.25. The van der Waals surface area contributed by atoms with Gasteiger partial charge in [0, 0.05) is 43.2 Å². The minimum atomic E-state index is 0.500. The van der Waals surface area contributed by atoms with Gasteiger partial charge in [0.25, 0.3) is 0 Å². The van der Waals surface area contributed by atoms with Gasteiger partial charge >= 0.3 is 0 Å². The Morgan fingerprint density at radius 2 is 2.19 bits per heavy atom. The summed E-state index contributed by atoms with van der Waals surface area (Å²) in [6.07, 6.45) is 4.09. The fourth-order valence-corrected chi connectivity index (χ4v) is 3.89. The molecule has 136 valence electrons. The highest BCUT2D eigenvalue weighted by Crippen LogP contribution is 2.28. The Morgan fingerprint density at radius 3 is 3.00 bits per heavy atom. The summed E-state index contributed by atoms with van der Waals surface area (Å²) >= 11 is 0. The maximum Gasteiger partial charge on any atom is 0.124 e. The lowest BCUT2D eigenvalue weighted by Gasteiger charge is -2.27. The first-order chi connectivity index (χ1) is 12.7. The number of fused-ring (bicyclic) bond motifs is 2. The molecule has 0 amide bonds. The molecule has 1 aliphatic rings. The van der Waals surface area contributed by atoms with Crippen LogP contribution < -0.4 is 0 Å². The number of hydrogen-bond acceptors (Lipinski definition) is 3. The first-order valence-electron chi connectivity index (χ1n) is 9.54. The first-order valence-corrected chi connectivity index (χ1v) is 9.54. The SMILES string of the molecule is C=CCn1c(CN2CCc3[nH]nc(C(C)CC)c3C2)nc2ccccc21. The normalized spacial score (nSPS) is 15.9. The summed E-state index contributed by atoms with van der Waals surface area (Å²) in [7, 11) is 0. The Bertz CT molecular complexity index is 920. The molecule has 0 bridgehead atoms. The van der Waals surface area contributed by atoms with Crippen LogP contribution in [-0.4, -0.2) is 31.2 Å². The number of nitrogens with one attached hydrogen (secondary N) is 1. The molecule has 26 heavy (non-hydrogen) atoms. The van der Waals surface area contributed by atoms with Crippen LogP contribution in [0.3, 0.4) is 0 Å². The van der Waals surface area contributed by atoms with Gasteiger partial charge in [-0.25, -0.2) is 4.98 Å². The fourth-order valence-electron chi connectivity index (χ4n) is 3.89. The average molecular weight is 349 g/mol. The Kier molecular flexibility index (Phi) is 4.64. The molecule has 0 fully saturated rings. The number of benzene rings is 1. The van der Waals surface area contributed by atoms with Crippen LogP contribution in [0, 0.1) is 0 Å². The van der Waals surface area contributed by atoms with Crippen LogP contribution in [0.4, 0.5) is 0 Å². The van der Waals surface area contributed by atoms with Crippen molar-refractivity contribution in [3.05, 3.63) is 59.7 Å². The maximum atomic E-state index is 4.89. The molecule has 2 aromatic heterocycles. The number of aromatic nitrogens is 4. The number of imidazole rings is 1. The second-order valence-corrected chi connectivity index (χ2v) is 7.25. The summed E-state index contributed by atoms with van der Waals surface area (Å²) < 4.78 is 2.28. The summed E-state index contributed by atoms with van der Waals surface area (Å²) in [5.74, 6) is 1.61. The summed E-state index contributed by atoms with van der Waals surface area (Å²) in [4.78, 5) is 7.38. The molecule has 0 saturated heterocycles. The molecule has 1 atom stereocenters. The highest BCUT2D eigenvalue weighted by molar-refractivity contribution is 5.75. The Hall–Kier alpha value is -2.40. The number of aromatic amines is 1. The van der Waals surface area contributed by atoms with Crippen molar-refractivity contribution in [2.45, 2.75) is 52.2 Å². The lowest BCUT2D eigenvalue weighted by Crippen LogP contribution is -2.31. The lowest BCUT2D eigenvalue weighted by molar-refractivity contribution is 0.235. The molecule has 1 N–H and O–H groups in total. The zero-order chi connectivity index (χ0) is 18.1. The lowest BCUT2D eigenvalue weighted by atomic mass is 9.96. The largest absolute Gasteiger partial charge is 0.323 e. The Labute approximate surface area is 154 Å². The van der Waals surface area contributed by atoms with Crippen molar-refractivity contribution < 1.29 is 0 Å². The monoisotopic (exact) mass is 349 g/mol. The van der Waals surface area contributed by atoms with E-state index in [-0.39, 0.29) is 0 Å². The van der Waals surface area contributed by atoms with Gasteiger partial charge in [0.2, 0.25) is 0 Å². The van der Waals surface area contributed by atoms with E-state index in [4.69, 9.17) is 4.98 Å². The van der Waals surface area contributed by atoms with E-state index in [1.807, 2.05) is 6.08 Å². The number of nitrogens with zero attached hydrogens (tertiary/aromatic N) is 4. The number of hydrogen-bond donors (Lipinski definition) is 1. The molecular weight excluding hydrogens is 322 g/mol. The molecule has 3 aromatic rings. The van der Waals surface area contributed by atoms with Gasteiger partial charge in [-0.05, 0) is 18.6 Å². The van der Waals surface area contributed by atoms with Crippen LogP contribution in [0.2, 0.25) is 0 Å². The summed E-state index contributed by atoms with van der Waals surface area (Å²) in [5.41, 5.74) is 6.20. The molecule has 5 nitrogen and oxygen atoms in total. The van der Waals surface area contributed by atoms with Crippen molar-refractivity contribution in [3.8, 4) is 0 Å². The molecule has 0 spiro atoms. The van der Waals surface area contributed by atoms with Gasteiger partial charge < -0.3 is 4.57 Å². The molecule has 4 rings (SSSR count). The maximum absolute atomic E-state index is 4.89. The van der Waals surface area contributed by atoms with Crippen LogP contribution in [-0.2, 0) is 26.1 Å². The van der Waals surface area contributed by atoms with Crippen LogP contribution in [0.5, 0.6) is 0 Å². The van der Waals surface area contributed by atoms with Crippen molar-refractivity contribution in [2.75, 3.05) is 6.54 Å². The van der Waals surface area contributed by atoms with Crippen molar-refractivity contribution in [2.24, 2.45) is 0 Å². The van der Waals surface area contributed by atoms with E-state index in [9.17, 15) is 0 Å². The summed E-state index contributed by atoms with van der Waals surface area (Å²) in [5, 5.41) is 7.87. The fraction of sp³-hybridized carbons (Fsp3) is 0.429. The van der Waals surface area contributed by atoms with Crippen molar-refractivity contribution in [1.82, 2.24) is 24.6 Å². The Balaban J connectivity index is 1.61. The third-order valence-electron chi connectivity index (χ3n) is 5.53. The smallest absolute Gasteiger partial charge is 0.124 e. The molecule has 3 heterocycles. The molecule has 0 radical (unpaired) electrons. The van der Waals surface area contributed by atoms with E-state index in [1.165, 1.54) is 22.5 Å². The van der Waals surface area contributed by atoms with Gasteiger partial charge in [-0.2, -0.15) is 5.10 Å². The molecular formula is C21H27N5. The number of para-hydroxylation sites is 2. The highest BCUT2D eigenvalue weighted by Gasteiger charge is 2.25. The average Bonchev–Trinajstić information content (AvgIpc) is 3.23.